The first kappa shape index (κ1) is 25.0. The van der Waals surface area contributed by atoms with E-state index >= 15 is 0 Å². The number of benzene rings is 3. The van der Waals surface area contributed by atoms with Crippen LogP contribution in [0, 0.1) is 5.92 Å². The number of aliphatic hydroxyl groups excluding tert-OH is 1. The van der Waals surface area contributed by atoms with Gasteiger partial charge in [-0.05, 0) is 42.2 Å². The number of ether oxygens (including phenoxy) is 2. The highest BCUT2D eigenvalue weighted by molar-refractivity contribution is 6.51. The van der Waals surface area contributed by atoms with Gasteiger partial charge >= 0.3 is 0 Å². The zero-order valence-electron chi connectivity index (χ0n) is 20.8. The van der Waals surface area contributed by atoms with Crippen molar-refractivity contribution in [2.24, 2.45) is 5.92 Å². The van der Waals surface area contributed by atoms with Crippen molar-refractivity contribution in [2.75, 3.05) is 18.1 Å². The van der Waals surface area contributed by atoms with Gasteiger partial charge in [0.25, 0.3) is 11.7 Å². The van der Waals surface area contributed by atoms with E-state index in [1.165, 1.54) is 4.90 Å². The number of hydrogen-bond donors (Lipinski definition) is 1. The van der Waals surface area contributed by atoms with Gasteiger partial charge in [-0.2, -0.15) is 0 Å². The van der Waals surface area contributed by atoms with Gasteiger partial charge in [-0.25, -0.2) is 0 Å². The minimum atomic E-state index is -0.798. The number of ketones is 1. The van der Waals surface area contributed by atoms with Gasteiger partial charge in [0, 0.05) is 17.3 Å². The Morgan fingerprint density at radius 1 is 0.917 bits per heavy atom. The van der Waals surface area contributed by atoms with E-state index in [2.05, 4.69) is 0 Å². The third-order valence-corrected chi connectivity index (χ3v) is 5.82. The molecule has 0 aliphatic carbocycles. The zero-order valence-corrected chi connectivity index (χ0v) is 20.8. The third-order valence-electron chi connectivity index (χ3n) is 5.82. The van der Waals surface area contributed by atoms with Crippen LogP contribution in [0.25, 0.3) is 5.76 Å². The summed E-state index contributed by atoms with van der Waals surface area (Å²) in [5.41, 5.74) is 1.68. The molecule has 1 aliphatic rings. The molecule has 1 saturated heterocycles. The van der Waals surface area contributed by atoms with Crippen molar-refractivity contribution < 1.29 is 24.2 Å². The van der Waals surface area contributed by atoms with Crippen molar-refractivity contribution in [2.45, 2.75) is 33.2 Å². The number of Topliss-reactive ketones (excluding diaryl/α,β-unsaturated/α-hetero) is 1. The average Bonchev–Trinajstić information content (AvgIpc) is 3.16. The second-order valence-electron chi connectivity index (χ2n) is 9.16. The van der Waals surface area contributed by atoms with E-state index < -0.39 is 17.7 Å². The summed E-state index contributed by atoms with van der Waals surface area (Å²) in [6, 6.07) is 22.5. The summed E-state index contributed by atoms with van der Waals surface area (Å²) >= 11 is 0. The summed E-state index contributed by atoms with van der Waals surface area (Å²) < 4.78 is 11.6. The van der Waals surface area contributed by atoms with Crippen LogP contribution in [-0.2, 0) is 9.59 Å². The number of rotatable bonds is 9. The monoisotopic (exact) mass is 485 g/mol. The van der Waals surface area contributed by atoms with Crippen LogP contribution in [0.2, 0.25) is 0 Å². The molecule has 1 aliphatic heterocycles. The van der Waals surface area contributed by atoms with Gasteiger partial charge in [0.05, 0.1) is 24.8 Å². The smallest absolute Gasteiger partial charge is 0.300 e. The molecule has 6 heteroatoms. The number of carbonyl (C=O) groups is 2. The van der Waals surface area contributed by atoms with E-state index in [1.54, 1.807) is 42.5 Å². The second-order valence-corrected chi connectivity index (χ2v) is 9.16. The van der Waals surface area contributed by atoms with Crippen molar-refractivity contribution in [3.63, 3.8) is 0 Å². The standard InChI is InChI=1S/C30H31NO5/c1-4-16-35-25-15-9-13-23(18-25)31-27(21-10-6-5-7-11-21)26(29(33)30(31)34)28(32)22-12-8-14-24(17-22)36-19-20(2)3/h5-15,17-18,20,27,32H,4,16,19H2,1-3H3/b28-26+. The summed E-state index contributed by atoms with van der Waals surface area (Å²) in [6.07, 6.45) is 0.846. The van der Waals surface area contributed by atoms with Crippen LogP contribution in [0.15, 0.2) is 84.4 Å². The molecular formula is C30H31NO5. The van der Waals surface area contributed by atoms with Crippen LogP contribution in [0.5, 0.6) is 11.5 Å². The molecule has 0 bridgehead atoms. The van der Waals surface area contributed by atoms with E-state index in [4.69, 9.17) is 9.47 Å². The molecular weight excluding hydrogens is 454 g/mol. The molecule has 3 aromatic carbocycles. The van der Waals surface area contributed by atoms with Crippen LogP contribution >= 0.6 is 0 Å². The Morgan fingerprint density at radius 2 is 1.61 bits per heavy atom. The van der Waals surface area contributed by atoms with Crippen LogP contribution in [-0.4, -0.2) is 30.0 Å². The minimum absolute atomic E-state index is 0.0343. The maximum atomic E-state index is 13.4. The first-order valence-electron chi connectivity index (χ1n) is 12.2. The first-order valence-corrected chi connectivity index (χ1v) is 12.2. The minimum Gasteiger partial charge on any atom is -0.507 e. The lowest BCUT2D eigenvalue weighted by molar-refractivity contribution is -0.132. The fourth-order valence-electron chi connectivity index (χ4n) is 4.14. The fraction of sp³-hybridized carbons (Fsp3) is 0.267. The predicted molar refractivity (Wildman–Crippen MR) is 140 cm³/mol. The van der Waals surface area contributed by atoms with E-state index in [0.717, 1.165) is 6.42 Å². The van der Waals surface area contributed by atoms with Crippen molar-refractivity contribution in [1.29, 1.82) is 0 Å². The van der Waals surface area contributed by atoms with Crippen molar-refractivity contribution >= 4 is 23.1 Å². The van der Waals surface area contributed by atoms with Gasteiger partial charge in [0.2, 0.25) is 0 Å². The van der Waals surface area contributed by atoms with Gasteiger partial charge in [-0.3, -0.25) is 14.5 Å². The quantitative estimate of drug-likeness (QED) is 0.224. The van der Waals surface area contributed by atoms with E-state index in [-0.39, 0.29) is 11.3 Å². The number of aliphatic hydroxyl groups is 1. The Labute approximate surface area is 211 Å². The summed E-state index contributed by atoms with van der Waals surface area (Å²) in [5, 5.41) is 11.4. The summed E-state index contributed by atoms with van der Waals surface area (Å²) in [4.78, 5) is 28.2. The number of amides is 1. The molecule has 0 spiro atoms. The molecule has 186 valence electrons. The summed E-state index contributed by atoms with van der Waals surface area (Å²) in [7, 11) is 0. The lowest BCUT2D eigenvalue weighted by atomic mass is 9.95. The molecule has 1 unspecified atom stereocenters. The van der Waals surface area contributed by atoms with Crippen LogP contribution in [0.4, 0.5) is 5.69 Å². The highest BCUT2D eigenvalue weighted by Crippen LogP contribution is 2.43. The molecule has 36 heavy (non-hydrogen) atoms. The topological polar surface area (TPSA) is 76.1 Å². The van der Waals surface area contributed by atoms with Crippen LogP contribution < -0.4 is 14.4 Å². The van der Waals surface area contributed by atoms with Crippen molar-refractivity contribution in [3.8, 4) is 11.5 Å². The highest BCUT2D eigenvalue weighted by atomic mass is 16.5. The van der Waals surface area contributed by atoms with Crippen LogP contribution in [0.3, 0.4) is 0 Å². The van der Waals surface area contributed by atoms with Gasteiger partial charge in [-0.15, -0.1) is 0 Å². The lowest BCUT2D eigenvalue weighted by Crippen LogP contribution is -2.29. The molecule has 6 nitrogen and oxygen atoms in total. The number of anilines is 1. The number of carbonyl (C=O) groups excluding carboxylic acids is 2. The van der Waals surface area contributed by atoms with E-state index in [1.807, 2.05) is 57.2 Å². The van der Waals surface area contributed by atoms with Crippen LogP contribution in [0.1, 0.15) is 44.4 Å². The second kappa shape index (κ2) is 11.1. The van der Waals surface area contributed by atoms with Gasteiger partial charge < -0.3 is 14.6 Å². The molecule has 0 saturated carbocycles. The molecule has 3 aromatic rings. The molecule has 0 radical (unpaired) electrons. The Kier molecular flexibility index (Phi) is 7.74. The average molecular weight is 486 g/mol. The Bertz CT molecular complexity index is 1270. The summed E-state index contributed by atoms with van der Waals surface area (Å²) in [5.74, 6) is -0.155. The van der Waals surface area contributed by atoms with Gasteiger partial charge in [-0.1, -0.05) is 69.3 Å². The Morgan fingerprint density at radius 3 is 2.31 bits per heavy atom. The van der Waals surface area contributed by atoms with Gasteiger partial charge in [0.15, 0.2) is 0 Å². The molecule has 1 heterocycles. The molecule has 4 rings (SSSR count). The molecule has 1 fully saturated rings. The molecule has 1 amide bonds. The number of nitrogens with zero attached hydrogens (tertiary/aromatic N) is 1. The van der Waals surface area contributed by atoms with Crippen molar-refractivity contribution in [1.82, 2.24) is 0 Å². The lowest BCUT2D eigenvalue weighted by Gasteiger charge is -2.26. The van der Waals surface area contributed by atoms with Crippen molar-refractivity contribution in [3.05, 3.63) is 95.6 Å². The highest BCUT2D eigenvalue weighted by Gasteiger charge is 2.47. The Hall–Kier alpha value is -4.06. The predicted octanol–water partition coefficient (Wildman–Crippen LogP) is 6.14. The largest absolute Gasteiger partial charge is 0.507 e. The fourth-order valence-corrected chi connectivity index (χ4v) is 4.14. The van der Waals surface area contributed by atoms with E-state index in [0.29, 0.717) is 47.4 Å². The Balaban J connectivity index is 1.82. The number of hydrogen-bond acceptors (Lipinski definition) is 5. The maximum absolute atomic E-state index is 13.4. The maximum Gasteiger partial charge on any atom is 0.300 e. The zero-order chi connectivity index (χ0) is 25.7. The third kappa shape index (κ3) is 5.28. The van der Waals surface area contributed by atoms with E-state index in [9.17, 15) is 14.7 Å². The first-order chi connectivity index (χ1) is 17.4. The normalized spacial score (nSPS) is 17.0. The molecule has 1 atom stereocenters. The van der Waals surface area contributed by atoms with Gasteiger partial charge in [0.1, 0.15) is 17.3 Å². The SMILES string of the molecule is CCCOc1cccc(N2C(=O)C(=O)/C(=C(/O)c3cccc(OCC(C)C)c3)C2c2ccccc2)c1. The molecule has 1 N–H and O–H groups in total. The molecule has 0 aromatic heterocycles. The summed E-state index contributed by atoms with van der Waals surface area (Å²) in [6.45, 7) is 7.18.